The van der Waals surface area contributed by atoms with Gasteiger partial charge in [-0.05, 0) is 19.9 Å². The first-order valence-electron chi connectivity index (χ1n) is 5.94. The quantitative estimate of drug-likeness (QED) is 0.723. The summed E-state index contributed by atoms with van der Waals surface area (Å²) in [5.41, 5.74) is 0. The molecule has 0 saturated carbocycles. The van der Waals surface area contributed by atoms with Crippen LogP contribution in [0.3, 0.4) is 0 Å². The van der Waals surface area contributed by atoms with E-state index in [4.69, 9.17) is 5.11 Å². The Morgan fingerprint density at radius 3 is 2.82 bits per heavy atom. The van der Waals surface area contributed by atoms with Crippen LogP contribution in [-0.2, 0) is 4.79 Å². The standard InChI is InChI=1S/C11H21N3O3/c1-12-5-7-13(2)11(17)14-6-3-4-9(14)8-10(15)16/h9,12H,3-8H2,1-2H3,(H,15,16). The molecular weight excluding hydrogens is 222 g/mol. The first-order chi connectivity index (χ1) is 8.06. The molecular formula is C11H21N3O3. The fraction of sp³-hybridized carbons (Fsp3) is 0.818. The highest BCUT2D eigenvalue weighted by atomic mass is 16.4. The van der Waals surface area contributed by atoms with Gasteiger partial charge in [-0.1, -0.05) is 0 Å². The van der Waals surface area contributed by atoms with Gasteiger partial charge in [0.05, 0.1) is 6.42 Å². The van der Waals surface area contributed by atoms with Gasteiger partial charge in [-0.3, -0.25) is 4.79 Å². The monoisotopic (exact) mass is 243 g/mol. The number of nitrogens with one attached hydrogen (secondary N) is 1. The summed E-state index contributed by atoms with van der Waals surface area (Å²) in [7, 11) is 3.58. The minimum atomic E-state index is -0.840. The largest absolute Gasteiger partial charge is 0.481 e. The van der Waals surface area contributed by atoms with Crippen LogP contribution in [0.4, 0.5) is 4.79 Å². The van der Waals surface area contributed by atoms with Crippen LogP contribution in [0.5, 0.6) is 0 Å². The summed E-state index contributed by atoms with van der Waals surface area (Å²) in [4.78, 5) is 26.1. The van der Waals surface area contributed by atoms with Gasteiger partial charge in [0.1, 0.15) is 0 Å². The fourth-order valence-corrected chi connectivity index (χ4v) is 2.10. The fourth-order valence-electron chi connectivity index (χ4n) is 2.10. The van der Waals surface area contributed by atoms with Crippen LogP contribution in [0.2, 0.25) is 0 Å². The van der Waals surface area contributed by atoms with Gasteiger partial charge >= 0.3 is 12.0 Å². The molecule has 6 heteroatoms. The lowest BCUT2D eigenvalue weighted by molar-refractivity contribution is -0.138. The third-order valence-electron chi connectivity index (χ3n) is 3.06. The van der Waals surface area contributed by atoms with E-state index in [1.54, 1.807) is 16.8 Å². The van der Waals surface area contributed by atoms with Crippen LogP contribution < -0.4 is 5.32 Å². The molecule has 17 heavy (non-hydrogen) atoms. The van der Waals surface area contributed by atoms with Gasteiger partial charge in [0, 0.05) is 32.7 Å². The zero-order valence-corrected chi connectivity index (χ0v) is 10.5. The van der Waals surface area contributed by atoms with Crippen molar-refractivity contribution >= 4 is 12.0 Å². The van der Waals surface area contributed by atoms with Gasteiger partial charge in [-0.25, -0.2) is 4.79 Å². The second-order valence-electron chi connectivity index (χ2n) is 4.39. The first kappa shape index (κ1) is 13.8. The molecule has 0 radical (unpaired) electrons. The first-order valence-corrected chi connectivity index (χ1v) is 5.94. The number of carboxylic acids is 1. The molecule has 2 N–H and O–H groups in total. The summed E-state index contributed by atoms with van der Waals surface area (Å²) in [6.45, 7) is 2.03. The zero-order valence-electron chi connectivity index (χ0n) is 10.5. The lowest BCUT2D eigenvalue weighted by Gasteiger charge is -2.28. The summed E-state index contributed by atoms with van der Waals surface area (Å²) in [6.07, 6.45) is 1.73. The van der Waals surface area contributed by atoms with Crippen LogP contribution in [0.15, 0.2) is 0 Å². The molecule has 1 aliphatic heterocycles. The Balaban J connectivity index is 2.51. The maximum absolute atomic E-state index is 12.1. The van der Waals surface area contributed by atoms with Crippen LogP contribution in [0, 0.1) is 0 Å². The Morgan fingerprint density at radius 1 is 1.53 bits per heavy atom. The van der Waals surface area contributed by atoms with Crippen LogP contribution in [0.1, 0.15) is 19.3 Å². The van der Waals surface area contributed by atoms with Crippen molar-refractivity contribution < 1.29 is 14.7 Å². The Labute approximate surface area is 102 Å². The van der Waals surface area contributed by atoms with Gasteiger partial charge < -0.3 is 20.2 Å². The molecule has 0 aromatic carbocycles. The van der Waals surface area contributed by atoms with Crippen molar-refractivity contribution in [2.24, 2.45) is 0 Å². The van der Waals surface area contributed by atoms with Crippen molar-refractivity contribution in [2.75, 3.05) is 33.7 Å². The van der Waals surface area contributed by atoms with Crippen LogP contribution >= 0.6 is 0 Å². The molecule has 1 unspecified atom stereocenters. The lowest BCUT2D eigenvalue weighted by Crippen LogP contribution is -2.46. The highest BCUT2D eigenvalue weighted by Gasteiger charge is 2.31. The number of likely N-dealkylation sites (tertiary alicyclic amines) is 1. The van der Waals surface area contributed by atoms with Gasteiger partial charge in [-0.15, -0.1) is 0 Å². The number of carbonyl (C=O) groups excluding carboxylic acids is 1. The van der Waals surface area contributed by atoms with E-state index in [0.29, 0.717) is 13.1 Å². The molecule has 1 atom stereocenters. The number of carboxylic acid groups (broad SMARTS) is 1. The molecule has 6 nitrogen and oxygen atoms in total. The topological polar surface area (TPSA) is 72.9 Å². The summed E-state index contributed by atoms with van der Waals surface area (Å²) < 4.78 is 0. The number of urea groups is 1. The molecule has 0 aromatic heterocycles. The highest BCUT2D eigenvalue weighted by molar-refractivity contribution is 5.76. The molecule has 98 valence electrons. The van der Waals surface area contributed by atoms with Gasteiger partial charge in [0.2, 0.25) is 0 Å². The molecule has 1 fully saturated rings. The van der Waals surface area contributed by atoms with E-state index in [9.17, 15) is 9.59 Å². The van der Waals surface area contributed by atoms with Crippen molar-refractivity contribution in [1.82, 2.24) is 15.1 Å². The van der Waals surface area contributed by atoms with E-state index in [2.05, 4.69) is 5.32 Å². The van der Waals surface area contributed by atoms with Gasteiger partial charge in [-0.2, -0.15) is 0 Å². The number of nitrogens with zero attached hydrogens (tertiary/aromatic N) is 2. The van der Waals surface area contributed by atoms with E-state index in [1.165, 1.54) is 0 Å². The summed E-state index contributed by atoms with van der Waals surface area (Å²) in [6, 6.07) is -0.207. The van der Waals surface area contributed by atoms with Crippen molar-refractivity contribution in [3.8, 4) is 0 Å². The molecule has 1 saturated heterocycles. The number of rotatable bonds is 5. The number of aliphatic carboxylic acids is 1. The second kappa shape index (κ2) is 6.44. The van der Waals surface area contributed by atoms with E-state index >= 15 is 0 Å². The summed E-state index contributed by atoms with van der Waals surface area (Å²) in [5.74, 6) is -0.840. The SMILES string of the molecule is CNCCN(C)C(=O)N1CCCC1CC(=O)O. The van der Waals surface area contributed by atoms with Gasteiger partial charge in [0.25, 0.3) is 0 Å². The molecule has 2 amide bonds. The summed E-state index contributed by atoms with van der Waals surface area (Å²) >= 11 is 0. The van der Waals surface area contributed by atoms with Crippen molar-refractivity contribution in [3.63, 3.8) is 0 Å². The Bertz CT molecular complexity index is 283. The number of hydrogen-bond acceptors (Lipinski definition) is 3. The van der Waals surface area contributed by atoms with E-state index in [1.807, 2.05) is 7.05 Å². The molecule has 1 rings (SSSR count). The average molecular weight is 243 g/mol. The lowest BCUT2D eigenvalue weighted by atomic mass is 10.1. The molecule has 0 spiro atoms. The third-order valence-corrected chi connectivity index (χ3v) is 3.06. The third kappa shape index (κ3) is 3.89. The minimum absolute atomic E-state index is 0.0472. The predicted octanol–water partition coefficient (Wildman–Crippen LogP) is 0.197. The van der Waals surface area contributed by atoms with Crippen LogP contribution in [0.25, 0.3) is 0 Å². The van der Waals surface area contributed by atoms with Crippen LogP contribution in [-0.4, -0.2) is 66.7 Å². The van der Waals surface area contributed by atoms with Gasteiger partial charge in [0.15, 0.2) is 0 Å². The Kier molecular flexibility index (Phi) is 5.21. The Hall–Kier alpha value is -1.30. The van der Waals surface area contributed by atoms with E-state index in [-0.39, 0.29) is 18.5 Å². The average Bonchev–Trinajstić information content (AvgIpc) is 2.71. The van der Waals surface area contributed by atoms with E-state index < -0.39 is 5.97 Å². The molecule has 0 aliphatic carbocycles. The summed E-state index contributed by atoms with van der Waals surface area (Å²) in [5, 5.41) is 11.8. The maximum atomic E-state index is 12.1. The second-order valence-corrected chi connectivity index (χ2v) is 4.39. The molecule has 0 aromatic rings. The maximum Gasteiger partial charge on any atom is 0.320 e. The predicted molar refractivity (Wildman–Crippen MR) is 63.9 cm³/mol. The highest BCUT2D eigenvalue weighted by Crippen LogP contribution is 2.21. The smallest absolute Gasteiger partial charge is 0.320 e. The minimum Gasteiger partial charge on any atom is -0.481 e. The normalized spacial score (nSPS) is 19.4. The molecule has 0 bridgehead atoms. The van der Waals surface area contributed by atoms with Crippen molar-refractivity contribution in [3.05, 3.63) is 0 Å². The molecule has 1 aliphatic rings. The Morgan fingerprint density at radius 2 is 2.24 bits per heavy atom. The molecule has 1 heterocycles. The van der Waals surface area contributed by atoms with E-state index in [0.717, 1.165) is 19.4 Å². The van der Waals surface area contributed by atoms with Crippen molar-refractivity contribution in [2.45, 2.75) is 25.3 Å². The van der Waals surface area contributed by atoms with Crippen molar-refractivity contribution in [1.29, 1.82) is 0 Å². The number of carbonyl (C=O) groups is 2. The number of amides is 2. The zero-order chi connectivity index (χ0) is 12.8. The number of hydrogen-bond donors (Lipinski definition) is 2. The number of likely N-dealkylation sites (N-methyl/N-ethyl adjacent to an activating group) is 2.